The van der Waals surface area contributed by atoms with Gasteiger partial charge in [-0.3, -0.25) is 4.79 Å². The lowest BCUT2D eigenvalue weighted by molar-refractivity contribution is 0.0721. The molecule has 0 aliphatic heterocycles. The maximum absolute atomic E-state index is 12.6. The van der Waals surface area contributed by atoms with E-state index in [0.717, 1.165) is 12.1 Å². The van der Waals surface area contributed by atoms with Crippen molar-refractivity contribution in [2.45, 2.75) is 13.5 Å². The van der Waals surface area contributed by atoms with Gasteiger partial charge < -0.3 is 14.3 Å². The molecule has 118 valence electrons. The zero-order valence-electron chi connectivity index (χ0n) is 13.0. The average Bonchev–Trinajstić information content (AvgIpc) is 2.91. The van der Waals surface area contributed by atoms with Gasteiger partial charge in [-0.05, 0) is 38.7 Å². The first-order chi connectivity index (χ1) is 10.5. The first-order valence-corrected chi connectivity index (χ1v) is 7.45. The van der Waals surface area contributed by atoms with Crippen molar-refractivity contribution in [2.24, 2.45) is 0 Å². The number of hydrogen-bond acceptors (Lipinski definition) is 4. The molecule has 5 nitrogen and oxygen atoms in total. The summed E-state index contributed by atoms with van der Waals surface area (Å²) in [6.45, 7) is 3.67. The van der Waals surface area contributed by atoms with E-state index in [0.29, 0.717) is 29.6 Å². The summed E-state index contributed by atoms with van der Waals surface area (Å²) in [5, 5.41) is 4.50. The molecule has 2 rings (SSSR count). The van der Waals surface area contributed by atoms with Crippen LogP contribution in [0.25, 0.3) is 0 Å². The topological polar surface area (TPSA) is 49.6 Å². The van der Waals surface area contributed by atoms with E-state index in [1.807, 2.05) is 43.3 Å². The number of hydrogen-bond donors (Lipinski definition) is 0. The summed E-state index contributed by atoms with van der Waals surface area (Å²) in [5.41, 5.74) is 1.36. The molecule has 0 aliphatic carbocycles. The van der Waals surface area contributed by atoms with Crippen molar-refractivity contribution in [3.8, 4) is 0 Å². The highest BCUT2D eigenvalue weighted by Gasteiger charge is 2.19. The van der Waals surface area contributed by atoms with Gasteiger partial charge in [-0.2, -0.15) is 0 Å². The molecular weight excluding hydrogens is 302 g/mol. The first kappa shape index (κ1) is 16.5. The molecule has 0 atom stereocenters. The minimum Gasteiger partial charge on any atom is -0.361 e. The maximum Gasteiger partial charge on any atom is 0.276 e. The Balaban J connectivity index is 2.14. The summed E-state index contributed by atoms with van der Waals surface area (Å²) in [5.74, 6) is 0.496. The Morgan fingerprint density at radius 2 is 1.91 bits per heavy atom. The number of rotatable bonds is 6. The van der Waals surface area contributed by atoms with Crippen LogP contribution in [0.15, 0.2) is 34.9 Å². The van der Waals surface area contributed by atoms with E-state index in [-0.39, 0.29) is 5.91 Å². The second-order valence-electron chi connectivity index (χ2n) is 5.48. The van der Waals surface area contributed by atoms with Crippen LogP contribution in [0.1, 0.15) is 21.8 Å². The summed E-state index contributed by atoms with van der Waals surface area (Å²) < 4.78 is 5.00. The van der Waals surface area contributed by atoms with E-state index in [9.17, 15) is 4.79 Å². The van der Waals surface area contributed by atoms with Crippen molar-refractivity contribution in [3.05, 3.63) is 52.4 Å². The molecular formula is C16H20ClN3O2. The fourth-order valence-electron chi connectivity index (χ4n) is 2.01. The van der Waals surface area contributed by atoms with Gasteiger partial charge in [0, 0.05) is 30.7 Å². The van der Waals surface area contributed by atoms with Crippen molar-refractivity contribution in [3.63, 3.8) is 0 Å². The molecule has 0 fully saturated rings. The highest BCUT2D eigenvalue weighted by Crippen LogP contribution is 2.14. The minimum absolute atomic E-state index is 0.131. The van der Waals surface area contributed by atoms with Crippen molar-refractivity contribution in [1.29, 1.82) is 0 Å². The van der Waals surface area contributed by atoms with Gasteiger partial charge in [-0.25, -0.2) is 0 Å². The number of likely N-dealkylation sites (N-methyl/N-ethyl adjacent to an activating group) is 1. The molecule has 0 spiro atoms. The summed E-state index contributed by atoms with van der Waals surface area (Å²) in [6, 6.07) is 9.16. The lowest BCUT2D eigenvalue weighted by atomic mass is 10.2. The third-order valence-electron chi connectivity index (χ3n) is 3.24. The van der Waals surface area contributed by atoms with Crippen molar-refractivity contribution in [2.75, 3.05) is 27.2 Å². The lowest BCUT2D eigenvalue weighted by Crippen LogP contribution is -2.36. The third-order valence-corrected chi connectivity index (χ3v) is 3.49. The Morgan fingerprint density at radius 3 is 2.45 bits per heavy atom. The van der Waals surface area contributed by atoms with Crippen LogP contribution in [0.5, 0.6) is 0 Å². The minimum atomic E-state index is -0.131. The Hall–Kier alpha value is -1.85. The number of carbonyl (C=O) groups is 1. The van der Waals surface area contributed by atoms with Gasteiger partial charge in [0.1, 0.15) is 5.76 Å². The monoisotopic (exact) mass is 321 g/mol. The SMILES string of the molecule is Cc1cc(C(=O)N(CCN(C)C)Cc2ccc(Cl)cc2)no1. The highest BCUT2D eigenvalue weighted by atomic mass is 35.5. The molecule has 1 aromatic heterocycles. The van der Waals surface area contributed by atoms with Gasteiger partial charge in [0.05, 0.1) is 0 Å². The van der Waals surface area contributed by atoms with Gasteiger partial charge in [0.2, 0.25) is 0 Å². The van der Waals surface area contributed by atoms with Gasteiger partial charge >= 0.3 is 0 Å². The predicted molar refractivity (Wildman–Crippen MR) is 86.0 cm³/mol. The van der Waals surface area contributed by atoms with E-state index < -0.39 is 0 Å². The number of halogens is 1. The molecule has 0 saturated heterocycles. The summed E-state index contributed by atoms with van der Waals surface area (Å²) in [7, 11) is 3.95. The van der Waals surface area contributed by atoms with Gasteiger partial charge in [0.25, 0.3) is 5.91 Å². The number of carbonyl (C=O) groups excluding carboxylic acids is 1. The van der Waals surface area contributed by atoms with Crippen LogP contribution in [0.2, 0.25) is 5.02 Å². The standard InChI is InChI=1S/C16H20ClN3O2/c1-12-10-15(18-22-12)16(21)20(9-8-19(2)3)11-13-4-6-14(17)7-5-13/h4-7,10H,8-9,11H2,1-3H3. The number of benzene rings is 1. The Kier molecular flexibility index (Phi) is 5.57. The second-order valence-corrected chi connectivity index (χ2v) is 5.92. The lowest BCUT2D eigenvalue weighted by Gasteiger charge is -2.23. The van der Waals surface area contributed by atoms with E-state index >= 15 is 0 Å². The van der Waals surface area contributed by atoms with Crippen LogP contribution >= 0.6 is 11.6 Å². The molecule has 0 aliphatic rings. The van der Waals surface area contributed by atoms with Crippen LogP contribution < -0.4 is 0 Å². The van der Waals surface area contributed by atoms with Crippen molar-refractivity contribution >= 4 is 17.5 Å². The fourth-order valence-corrected chi connectivity index (χ4v) is 2.14. The van der Waals surface area contributed by atoms with E-state index in [1.54, 1.807) is 17.9 Å². The summed E-state index contributed by atoms with van der Waals surface area (Å²) in [4.78, 5) is 16.4. The van der Waals surface area contributed by atoms with Crippen LogP contribution in [-0.2, 0) is 6.54 Å². The number of aromatic nitrogens is 1. The predicted octanol–water partition coefficient (Wildman–Crippen LogP) is 2.84. The summed E-state index contributed by atoms with van der Waals surface area (Å²) >= 11 is 5.90. The molecule has 0 unspecified atom stereocenters. The van der Waals surface area contributed by atoms with E-state index in [2.05, 4.69) is 5.16 Å². The van der Waals surface area contributed by atoms with Crippen molar-refractivity contribution < 1.29 is 9.32 Å². The Morgan fingerprint density at radius 1 is 1.23 bits per heavy atom. The highest BCUT2D eigenvalue weighted by molar-refractivity contribution is 6.30. The van der Waals surface area contributed by atoms with E-state index in [4.69, 9.17) is 16.1 Å². The average molecular weight is 322 g/mol. The van der Waals surface area contributed by atoms with Crippen molar-refractivity contribution in [1.82, 2.24) is 15.0 Å². The normalized spacial score (nSPS) is 11.0. The van der Waals surface area contributed by atoms with Gasteiger partial charge in [-0.15, -0.1) is 0 Å². The number of nitrogens with zero attached hydrogens (tertiary/aromatic N) is 3. The van der Waals surface area contributed by atoms with Crippen LogP contribution in [0, 0.1) is 6.92 Å². The smallest absolute Gasteiger partial charge is 0.276 e. The molecule has 22 heavy (non-hydrogen) atoms. The van der Waals surface area contributed by atoms with Gasteiger partial charge in [-0.1, -0.05) is 28.9 Å². The zero-order chi connectivity index (χ0) is 16.1. The first-order valence-electron chi connectivity index (χ1n) is 7.07. The second kappa shape index (κ2) is 7.42. The maximum atomic E-state index is 12.6. The largest absolute Gasteiger partial charge is 0.361 e. The summed E-state index contributed by atoms with van der Waals surface area (Å²) in [6.07, 6.45) is 0. The molecule has 0 N–H and O–H groups in total. The molecule has 1 aromatic carbocycles. The van der Waals surface area contributed by atoms with Crippen LogP contribution in [-0.4, -0.2) is 48.0 Å². The molecule has 1 amide bonds. The molecule has 0 saturated carbocycles. The third kappa shape index (κ3) is 4.58. The number of amides is 1. The molecule has 1 heterocycles. The zero-order valence-corrected chi connectivity index (χ0v) is 13.8. The van der Waals surface area contributed by atoms with Crippen LogP contribution in [0.4, 0.5) is 0 Å². The van der Waals surface area contributed by atoms with Gasteiger partial charge in [0.15, 0.2) is 5.69 Å². The Labute approximate surface area is 135 Å². The van der Waals surface area contributed by atoms with E-state index in [1.165, 1.54) is 0 Å². The molecule has 6 heteroatoms. The van der Waals surface area contributed by atoms with Crippen LogP contribution in [0.3, 0.4) is 0 Å². The molecule has 0 bridgehead atoms. The Bertz CT molecular complexity index is 623. The quantitative estimate of drug-likeness (QED) is 0.821. The number of aryl methyl sites for hydroxylation is 1. The fraction of sp³-hybridized carbons (Fsp3) is 0.375. The molecule has 2 aromatic rings. The molecule has 0 radical (unpaired) electrons.